The minimum atomic E-state index is -0.227. The minimum Gasteiger partial charge on any atom is -0.422 e. The molecule has 2 rings (SSSR count). The van der Waals surface area contributed by atoms with Crippen LogP contribution in [0.25, 0.3) is 11.0 Å². The van der Waals surface area contributed by atoms with E-state index in [-0.39, 0.29) is 11.0 Å². The normalized spacial score (nSPS) is 11.9. The van der Waals surface area contributed by atoms with Crippen LogP contribution in [-0.2, 0) is 5.41 Å². The lowest BCUT2D eigenvalue weighted by atomic mass is 9.88. The molecule has 0 saturated carbocycles. The van der Waals surface area contributed by atoms with Gasteiger partial charge in [0.1, 0.15) is 5.58 Å². The lowest BCUT2D eigenvalue weighted by Gasteiger charge is -2.24. The molecule has 3 heteroatoms. The molecule has 0 spiro atoms. The van der Waals surface area contributed by atoms with Gasteiger partial charge >= 0.3 is 5.63 Å². The van der Waals surface area contributed by atoms with Crippen LogP contribution in [0.5, 0.6) is 0 Å². The Morgan fingerprint density at radius 1 is 1.05 bits per heavy atom. The summed E-state index contributed by atoms with van der Waals surface area (Å²) in [4.78, 5) is 14.6. The molecule has 2 aromatic rings. The second-order valence-electron chi connectivity index (χ2n) is 6.91. The molecular formula is C19H27NO2. The van der Waals surface area contributed by atoms with Crippen molar-refractivity contribution >= 4 is 16.7 Å². The van der Waals surface area contributed by atoms with Gasteiger partial charge in [-0.05, 0) is 36.5 Å². The van der Waals surface area contributed by atoms with Gasteiger partial charge in [-0.2, -0.15) is 0 Å². The second kappa shape index (κ2) is 6.55. The molecule has 3 nitrogen and oxygen atoms in total. The summed E-state index contributed by atoms with van der Waals surface area (Å²) in [7, 11) is 0. The summed E-state index contributed by atoms with van der Waals surface area (Å²) in [6, 6.07) is 8.14. The molecular weight excluding hydrogens is 274 g/mol. The minimum absolute atomic E-state index is 0.204. The maximum Gasteiger partial charge on any atom is 0.339 e. The largest absolute Gasteiger partial charge is 0.422 e. The molecule has 0 bridgehead atoms. The second-order valence-corrected chi connectivity index (χ2v) is 6.91. The van der Waals surface area contributed by atoms with Gasteiger partial charge in [0.25, 0.3) is 0 Å². The summed E-state index contributed by atoms with van der Waals surface area (Å²) < 4.78 is 5.58. The van der Waals surface area contributed by atoms with Crippen molar-refractivity contribution in [3.63, 3.8) is 0 Å². The van der Waals surface area contributed by atoms with E-state index >= 15 is 0 Å². The van der Waals surface area contributed by atoms with Gasteiger partial charge in [0.15, 0.2) is 0 Å². The van der Waals surface area contributed by atoms with Crippen molar-refractivity contribution in [2.45, 2.75) is 52.9 Å². The first-order valence-corrected chi connectivity index (χ1v) is 8.20. The SMILES string of the molecule is CCCN(CCC)c1ccc2cc(C(C)(C)C)c(=O)oc2c1. The van der Waals surface area contributed by atoms with E-state index in [2.05, 4.69) is 30.9 Å². The summed E-state index contributed by atoms with van der Waals surface area (Å²) in [6.45, 7) is 12.5. The van der Waals surface area contributed by atoms with Crippen molar-refractivity contribution in [2.24, 2.45) is 0 Å². The molecule has 1 heterocycles. The number of fused-ring (bicyclic) bond motifs is 1. The Kier molecular flexibility index (Phi) is 4.94. The van der Waals surface area contributed by atoms with E-state index < -0.39 is 0 Å². The summed E-state index contributed by atoms with van der Waals surface area (Å²) in [5.41, 5.74) is 2.10. The number of hydrogen-bond donors (Lipinski definition) is 0. The lowest BCUT2D eigenvalue weighted by Crippen LogP contribution is -2.25. The molecule has 0 amide bonds. The van der Waals surface area contributed by atoms with Crippen LogP contribution in [0, 0.1) is 0 Å². The molecule has 1 aromatic heterocycles. The Morgan fingerprint density at radius 3 is 2.23 bits per heavy atom. The molecule has 0 fully saturated rings. The molecule has 0 aliphatic heterocycles. The zero-order valence-corrected chi connectivity index (χ0v) is 14.4. The number of hydrogen-bond acceptors (Lipinski definition) is 3. The van der Waals surface area contributed by atoms with Crippen LogP contribution in [0.4, 0.5) is 5.69 Å². The van der Waals surface area contributed by atoms with E-state index in [1.54, 1.807) is 0 Å². The number of anilines is 1. The van der Waals surface area contributed by atoms with Crippen molar-refractivity contribution in [2.75, 3.05) is 18.0 Å². The van der Waals surface area contributed by atoms with Crippen LogP contribution in [0.1, 0.15) is 53.0 Å². The summed E-state index contributed by atoms with van der Waals surface area (Å²) in [6.07, 6.45) is 2.20. The molecule has 0 atom stereocenters. The van der Waals surface area contributed by atoms with E-state index in [4.69, 9.17) is 4.42 Å². The highest BCUT2D eigenvalue weighted by molar-refractivity contribution is 5.81. The van der Waals surface area contributed by atoms with Crippen LogP contribution < -0.4 is 10.5 Å². The zero-order chi connectivity index (χ0) is 16.3. The maximum atomic E-state index is 12.2. The zero-order valence-electron chi connectivity index (χ0n) is 14.4. The number of benzene rings is 1. The standard InChI is InChI=1S/C19H27NO2/c1-6-10-20(11-7-2)15-9-8-14-12-16(19(3,4)5)18(21)22-17(14)13-15/h8-9,12-13H,6-7,10-11H2,1-5H3. The molecule has 0 aliphatic carbocycles. The van der Waals surface area contributed by atoms with E-state index in [0.717, 1.165) is 42.6 Å². The predicted octanol–water partition coefficient (Wildman–Crippen LogP) is 4.72. The van der Waals surface area contributed by atoms with Gasteiger partial charge in [0.05, 0.1) is 0 Å². The number of nitrogens with zero attached hydrogens (tertiary/aromatic N) is 1. The van der Waals surface area contributed by atoms with Crippen molar-refractivity contribution in [1.82, 2.24) is 0 Å². The third-order valence-corrected chi connectivity index (χ3v) is 3.88. The predicted molar refractivity (Wildman–Crippen MR) is 94.0 cm³/mol. The number of rotatable bonds is 5. The van der Waals surface area contributed by atoms with Crippen molar-refractivity contribution < 1.29 is 4.42 Å². The monoisotopic (exact) mass is 301 g/mol. The van der Waals surface area contributed by atoms with Crippen LogP contribution >= 0.6 is 0 Å². The van der Waals surface area contributed by atoms with E-state index in [1.807, 2.05) is 32.9 Å². The quantitative estimate of drug-likeness (QED) is 0.749. The molecule has 1 aromatic carbocycles. The molecule has 22 heavy (non-hydrogen) atoms. The van der Waals surface area contributed by atoms with Crippen molar-refractivity contribution in [1.29, 1.82) is 0 Å². The Balaban J connectivity index is 2.49. The summed E-state index contributed by atoms with van der Waals surface area (Å²) in [5, 5.41) is 0.987. The van der Waals surface area contributed by atoms with Gasteiger partial charge in [-0.25, -0.2) is 4.79 Å². The molecule has 0 N–H and O–H groups in total. The molecule has 0 aliphatic rings. The summed E-state index contributed by atoms with van der Waals surface area (Å²) >= 11 is 0. The Bertz CT molecular complexity index is 689. The van der Waals surface area contributed by atoms with Crippen LogP contribution in [0.15, 0.2) is 33.5 Å². The Labute approximate surface area is 132 Å². The summed E-state index contributed by atoms with van der Waals surface area (Å²) in [5.74, 6) is 0. The van der Waals surface area contributed by atoms with E-state index in [0.29, 0.717) is 5.58 Å². The third-order valence-electron chi connectivity index (χ3n) is 3.88. The first kappa shape index (κ1) is 16.6. The van der Waals surface area contributed by atoms with E-state index in [9.17, 15) is 4.79 Å². The van der Waals surface area contributed by atoms with Gasteiger partial charge in [0, 0.05) is 35.8 Å². The topological polar surface area (TPSA) is 33.5 Å². The van der Waals surface area contributed by atoms with Gasteiger partial charge in [-0.15, -0.1) is 0 Å². The Hall–Kier alpha value is -1.77. The highest BCUT2D eigenvalue weighted by Crippen LogP contribution is 2.26. The molecule has 0 unspecified atom stereocenters. The van der Waals surface area contributed by atoms with Gasteiger partial charge in [-0.3, -0.25) is 0 Å². The molecule has 120 valence electrons. The van der Waals surface area contributed by atoms with Crippen molar-refractivity contribution in [3.05, 3.63) is 40.2 Å². The van der Waals surface area contributed by atoms with Crippen LogP contribution in [-0.4, -0.2) is 13.1 Å². The average molecular weight is 301 g/mol. The van der Waals surface area contributed by atoms with Gasteiger partial charge in [-0.1, -0.05) is 34.6 Å². The van der Waals surface area contributed by atoms with Crippen molar-refractivity contribution in [3.8, 4) is 0 Å². The Morgan fingerprint density at radius 2 is 1.68 bits per heavy atom. The first-order chi connectivity index (χ1) is 10.4. The van der Waals surface area contributed by atoms with Crippen LogP contribution in [0.2, 0.25) is 0 Å². The molecule has 0 saturated heterocycles. The van der Waals surface area contributed by atoms with Gasteiger partial charge < -0.3 is 9.32 Å². The first-order valence-electron chi connectivity index (χ1n) is 8.20. The maximum absolute atomic E-state index is 12.2. The van der Waals surface area contributed by atoms with E-state index in [1.165, 1.54) is 0 Å². The fourth-order valence-electron chi connectivity index (χ4n) is 2.73. The highest BCUT2D eigenvalue weighted by Gasteiger charge is 2.20. The molecule has 0 radical (unpaired) electrons. The van der Waals surface area contributed by atoms with Crippen LogP contribution in [0.3, 0.4) is 0 Å². The third kappa shape index (κ3) is 3.52. The van der Waals surface area contributed by atoms with Gasteiger partial charge in [0.2, 0.25) is 0 Å². The lowest BCUT2D eigenvalue weighted by molar-refractivity contribution is 0.502. The fraction of sp³-hybridized carbons (Fsp3) is 0.526. The smallest absolute Gasteiger partial charge is 0.339 e. The fourth-order valence-corrected chi connectivity index (χ4v) is 2.73. The highest BCUT2D eigenvalue weighted by atomic mass is 16.4. The average Bonchev–Trinajstić information content (AvgIpc) is 2.44.